The van der Waals surface area contributed by atoms with E-state index in [1.165, 1.54) is 12.8 Å². The van der Waals surface area contributed by atoms with Crippen LogP contribution in [0.4, 0.5) is 0 Å². The van der Waals surface area contributed by atoms with Gasteiger partial charge >= 0.3 is 5.97 Å². The number of hydrogen-bond donors (Lipinski definition) is 1. The van der Waals surface area contributed by atoms with E-state index in [1.807, 2.05) is 0 Å². The summed E-state index contributed by atoms with van der Waals surface area (Å²) in [5.41, 5.74) is -0.506. The van der Waals surface area contributed by atoms with Crippen molar-refractivity contribution in [3.63, 3.8) is 0 Å². The van der Waals surface area contributed by atoms with Crippen LogP contribution in [0, 0.1) is 17.8 Å². The highest BCUT2D eigenvalue weighted by molar-refractivity contribution is 5.76. The van der Waals surface area contributed by atoms with E-state index < -0.39 is 11.4 Å². The van der Waals surface area contributed by atoms with Crippen molar-refractivity contribution in [3.8, 4) is 0 Å². The standard InChI is InChI=1S/C14H21O2/c15-13(16)14(9-5-2-6-10-14)11-12-7-3-1-4-8-12/h1,3,9,12H,2,4-8,10-11H2,(H,15,16). The molecule has 0 heterocycles. The summed E-state index contributed by atoms with van der Waals surface area (Å²) in [6.45, 7) is 0. The summed E-state index contributed by atoms with van der Waals surface area (Å²) in [7, 11) is 0. The van der Waals surface area contributed by atoms with E-state index in [2.05, 4.69) is 18.6 Å². The molecule has 0 aromatic carbocycles. The van der Waals surface area contributed by atoms with Gasteiger partial charge < -0.3 is 5.11 Å². The van der Waals surface area contributed by atoms with Crippen LogP contribution >= 0.6 is 0 Å². The van der Waals surface area contributed by atoms with Gasteiger partial charge in [-0.1, -0.05) is 25.0 Å². The van der Waals surface area contributed by atoms with Gasteiger partial charge in [0.15, 0.2) is 0 Å². The first kappa shape index (κ1) is 11.7. The van der Waals surface area contributed by atoms with Crippen LogP contribution in [0.25, 0.3) is 0 Å². The van der Waals surface area contributed by atoms with Gasteiger partial charge in [-0.3, -0.25) is 4.79 Å². The molecule has 1 N–H and O–H groups in total. The van der Waals surface area contributed by atoms with Crippen LogP contribution in [0.3, 0.4) is 0 Å². The Morgan fingerprint density at radius 2 is 2.19 bits per heavy atom. The van der Waals surface area contributed by atoms with Crippen LogP contribution in [0.5, 0.6) is 0 Å². The maximum absolute atomic E-state index is 11.5. The summed E-state index contributed by atoms with van der Waals surface area (Å²) in [5.74, 6) is -0.0165. The lowest BCUT2D eigenvalue weighted by molar-refractivity contribution is -0.149. The topological polar surface area (TPSA) is 37.3 Å². The molecule has 2 nitrogen and oxygen atoms in total. The first-order valence-corrected chi connectivity index (χ1v) is 6.46. The van der Waals surface area contributed by atoms with Crippen molar-refractivity contribution < 1.29 is 9.90 Å². The average molecular weight is 221 g/mol. The Morgan fingerprint density at radius 1 is 1.31 bits per heavy atom. The Kier molecular flexibility index (Phi) is 3.67. The molecule has 0 aromatic heterocycles. The highest BCUT2D eigenvalue weighted by atomic mass is 16.4. The van der Waals surface area contributed by atoms with Crippen molar-refractivity contribution in [2.45, 2.75) is 51.4 Å². The van der Waals surface area contributed by atoms with Gasteiger partial charge in [-0.05, 0) is 50.9 Å². The molecule has 2 aliphatic rings. The van der Waals surface area contributed by atoms with Crippen LogP contribution in [-0.4, -0.2) is 11.1 Å². The Bertz CT molecular complexity index is 274. The molecule has 0 aromatic rings. The number of carbonyl (C=O) groups is 1. The minimum atomic E-state index is -0.596. The molecule has 2 atom stereocenters. The van der Waals surface area contributed by atoms with E-state index in [0.717, 1.165) is 38.5 Å². The van der Waals surface area contributed by atoms with Crippen LogP contribution in [0.1, 0.15) is 51.4 Å². The van der Waals surface area contributed by atoms with Crippen molar-refractivity contribution in [1.82, 2.24) is 0 Å². The van der Waals surface area contributed by atoms with Crippen LogP contribution < -0.4 is 0 Å². The van der Waals surface area contributed by atoms with E-state index in [1.54, 1.807) is 0 Å². The van der Waals surface area contributed by atoms with Crippen LogP contribution in [0.2, 0.25) is 0 Å². The van der Waals surface area contributed by atoms with Crippen molar-refractivity contribution in [1.29, 1.82) is 0 Å². The minimum absolute atomic E-state index is 0.506. The van der Waals surface area contributed by atoms with E-state index in [-0.39, 0.29) is 0 Å². The predicted molar refractivity (Wildman–Crippen MR) is 63.9 cm³/mol. The van der Waals surface area contributed by atoms with Gasteiger partial charge in [-0.25, -0.2) is 0 Å². The number of allylic oxidation sites excluding steroid dienone is 2. The number of aliphatic carboxylic acids is 1. The minimum Gasteiger partial charge on any atom is -0.481 e. The first-order chi connectivity index (χ1) is 7.73. The maximum atomic E-state index is 11.5. The van der Waals surface area contributed by atoms with Crippen molar-refractivity contribution >= 4 is 5.97 Å². The molecular weight excluding hydrogens is 200 g/mol. The molecule has 2 unspecified atom stereocenters. The largest absolute Gasteiger partial charge is 0.481 e. The molecule has 0 amide bonds. The molecule has 0 aliphatic heterocycles. The Hall–Kier alpha value is -0.790. The third kappa shape index (κ3) is 2.47. The highest BCUT2D eigenvalue weighted by Crippen LogP contribution is 2.43. The van der Waals surface area contributed by atoms with Crippen molar-refractivity contribution in [3.05, 3.63) is 18.6 Å². The third-order valence-corrected chi connectivity index (χ3v) is 4.07. The summed E-state index contributed by atoms with van der Waals surface area (Å²) >= 11 is 0. The second-order valence-corrected chi connectivity index (χ2v) is 5.27. The molecule has 0 spiro atoms. The molecule has 2 aliphatic carbocycles. The average Bonchev–Trinajstić information content (AvgIpc) is 2.31. The monoisotopic (exact) mass is 221 g/mol. The molecule has 1 radical (unpaired) electrons. The van der Waals surface area contributed by atoms with Gasteiger partial charge in [0, 0.05) is 0 Å². The Balaban J connectivity index is 2.01. The fourth-order valence-corrected chi connectivity index (χ4v) is 3.09. The molecule has 1 saturated carbocycles. The second-order valence-electron chi connectivity index (χ2n) is 5.27. The number of rotatable bonds is 3. The zero-order chi connectivity index (χ0) is 11.4. The summed E-state index contributed by atoms with van der Waals surface area (Å²) in [6.07, 6.45) is 14.8. The Labute approximate surface area is 97.7 Å². The Morgan fingerprint density at radius 3 is 2.75 bits per heavy atom. The fourth-order valence-electron chi connectivity index (χ4n) is 3.09. The zero-order valence-electron chi connectivity index (χ0n) is 9.82. The summed E-state index contributed by atoms with van der Waals surface area (Å²) in [6, 6.07) is 0. The lowest BCUT2D eigenvalue weighted by Crippen LogP contribution is -2.36. The summed E-state index contributed by atoms with van der Waals surface area (Å²) < 4.78 is 0. The van der Waals surface area contributed by atoms with Crippen LogP contribution in [-0.2, 0) is 4.79 Å². The normalized spacial score (nSPS) is 28.9. The van der Waals surface area contributed by atoms with E-state index in [0.29, 0.717) is 5.92 Å². The summed E-state index contributed by atoms with van der Waals surface area (Å²) in [5, 5.41) is 9.47. The predicted octanol–water partition coefficient (Wildman–Crippen LogP) is 3.58. The number of hydrogen-bond acceptors (Lipinski definition) is 1. The highest BCUT2D eigenvalue weighted by Gasteiger charge is 2.41. The maximum Gasteiger partial charge on any atom is 0.309 e. The molecule has 0 saturated heterocycles. The van der Waals surface area contributed by atoms with Gasteiger partial charge in [0.25, 0.3) is 0 Å². The van der Waals surface area contributed by atoms with Crippen molar-refractivity contribution in [2.75, 3.05) is 0 Å². The van der Waals surface area contributed by atoms with Gasteiger partial charge in [-0.15, -0.1) is 0 Å². The molecule has 0 bridgehead atoms. The van der Waals surface area contributed by atoms with Gasteiger partial charge in [0.2, 0.25) is 0 Å². The first-order valence-electron chi connectivity index (χ1n) is 6.46. The van der Waals surface area contributed by atoms with Crippen molar-refractivity contribution in [2.24, 2.45) is 11.3 Å². The lowest BCUT2D eigenvalue weighted by Gasteiger charge is -2.36. The molecule has 89 valence electrons. The van der Waals surface area contributed by atoms with E-state index in [9.17, 15) is 9.90 Å². The number of carboxylic acids is 1. The number of carboxylic acid groups (broad SMARTS) is 1. The lowest BCUT2D eigenvalue weighted by atomic mass is 9.67. The molecule has 1 fully saturated rings. The molecular formula is C14H21O2. The smallest absolute Gasteiger partial charge is 0.309 e. The van der Waals surface area contributed by atoms with Gasteiger partial charge in [-0.2, -0.15) is 0 Å². The zero-order valence-corrected chi connectivity index (χ0v) is 9.82. The van der Waals surface area contributed by atoms with Gasteiger partial charge in [0.1, 0.15) is 0 Å². The van der Waals surface area contributed by atoms with Crippen LogP contribution in [0.15, 0.2) is 12.2 Å². The molecule has 2 heteroatoms. The fraction of sp³-hybridized carbons (Fsp3) is 0.714. The quantitative estimate of drug-likeness (QED) is 0.739. The second kappa shape index (κ2) is 5.03. The molecule has 2 rings (SSSR count). The van der Waals surface area contributed by atoms with E-state index >= 15 is 0 Å². The third-order valence-electron chi connectivity index (χ3n) is 4.07. The SMILES string of the molecule is O=C(O)C1(CC2CC=CCC2)[CH]CCCC1. The van der Waals surface area contributed by atoms with E-state index in [4.69, 9.17) is 0 Å². The summed E-state index contributed by atoms with van der Waals surface area (Å²) in [4.78, 5) is 11.5. The van der Waals surface area contributed by atoms with Gasteiger partial charge in [0.05, 0.1) is 5.41 Å². The molecule has 16 heavy (non-hydrogen) atoms.